The highest BCUT2D eigenvalue weighted by Gasteiger charge is 2.03. The van der Waals surface area contributed by atoms with Gasteiger partial charge in [0.05, 0.1) is 0 Å². The molecule has 0 spiro atoms. The highest BCUT2D eigenvalue weighted by Crippen LogP contribution is 2.02. The van der Waals surface area contributed by atoms with Gasteiger partial charge >= 0.3 is 0 Å². The van der Waals surface area contributed by atoms with Crippen molar-refractivity contribution >= 4 is 0 Å². The molecule has 0 bridgehead atoms. The summed E-state index contributed by atoms with van der Waals surface area (Å²) in [6.07, 6.45) is 4.65. The number of rotatable bonds is 0. The minimum atomic E-state index is 0.653. The molecule has 1 aliphatic rings. The van der Waals surface area contributed by atoms with Crippen molar-refractivity contribution in [1.82, 2.24) is 10.6 Å². The third-order valence-electron chi connectivity index (χ3n) is 1.58. The molecule has 1 radical (unpaired) electrons. The van der Waals surface area contributed by atoms with Gasteiger partial charge in [-0.15, -0.1) is 5.21 Å². The number of hydrogen-bond acceptors (Lipinski definition) is 2. The number of hydrazine groups is 1. The second-order valence-corrected chi connectivity index (χ2v) is 2.42. The van der Waals surface area contributed by atoms with Crippen molar-refractivity contribution in [2.45, 2.75) is 25.7 Å². The van der Waals surface area contributed by atoms with Crippen LogP contribution >= 0.6 is 0 Å². The Hall–Kier alpha value is -0.120. The maximum absolute atomic E-state index is 10.6. The average molecular weight is 129 g/mol. The molecule has 0 aromatic rings. The number of hydroxylamine groups is 1. The van der Waals surface area contributed by atoms with Gasteiger partial charge in [-0.2, -0.15) is 0 Å². The molecule has 1 saturated heterocycles. The van der Waals surface area contributed by atoms with Crippen molar-refractivity contribution in [2.24, 2.45) is 0 Å². The molecule has 53 valence electrons. The first-order chi connectivity index (χ1) is 4.39. The molecule has 0 unspecified atom stereocenters. The second-order valence-electron chi connectivity index (χ2n) is 2.42. The van der Waals surface area contributed by atoms with Gasteiger partial charge in [0.25, 0.3) is 0 Å². The summed E-state index contributed by atoms with van der Waals surface area (Å²) in [5.41, 5.74) is 2.76. The van der Waals surface area contributed by atoms with Crippen LogP contribution in [0.2, 0.25) is 0 Å². The molecule has 1 rings (SSSR count). The molecule has 0 aliphatic carbocycles. The Kier molecular flexibility index (Phi) is 2.97. The lowest BCUT2D eigenvalue weighted by Crippen LogP contribution is -2.36. The van der Waals surface area contributed by atoms with E-state index in [1.165, 1.54) is 12.8 Å². The SMILES string of the molecule is [O]N1CCCCCCN1. The van der Waals surface area contributed by atoms with E-state index >= 15 is 0 Å². The first-order valence-electron chi connectivity index (χ1n) is 3.58. The summed E-state index contributed by atoms with van der Waals surface area (Å²) in [4.78, 5) is 0. The van der Waals surface area contributed by atoms with E-state index in [1.807, 2.05) is 0 Å². The molecule has 1 aliphatic heterocycles. The second kappa shape index (κ2) is 3.82. The molecule has 0 aromatic heterocycles. The Labute approximate surface area is 55.6 Å². The molecule has 3 nitrogen and oxygen atoms in total. The van der Waals surface area contributed by atoms with Crippen LogP contribution in [0.3, 0.4) is 0 Å². The first kappa shape index (κ1) is 6.99. The van der Waals surface area contributed by atoms with Gasteiger partial charge in [-0.05, 0) is 12.8 Å². The van der Waals surface area contributed by atoms with Crippen LogP contribution in [0.1, 0.15) is 25.7 Å². The van der Waals surface area contributed by atoms with Gasteiger partial charge in [-0.3, -0.25) is 0 Å². The zero-order valence-corrected chi connectivity index (χ0v) is 5.60. The molecular weight excluding hydrogens is 116 g/mol. The van der Waals surface area contributed by atoms with E-state index in [9.17, 15) is 5.21 Å². The zero-order chi connectivity index (χ0) is 6.53. The maximum atomic E-state index is 10.6. The highest BCUT2D eigenvalue weighted by atomic mass is 16.5. The van der Waals surface area contributed by atoms with E-state index in [-0.39, 0.29) is 0 Å². The summed E-state index contributed by atoms with van der Waals surface area (Å²) < 4.78 is 0. The van der Waals surface area contributed by atoms with Crippen LogP contribution in [-0.2, 0) is 5.21 Å². The number of hydrogen-bond donors (Lipinski definition) is 1. The van der Waals surface area contributed by atoms with Crippen LogP contribution in [-0.4, -0.2) is 18.3 Å². The summed E-state index contributed by atoms with van der Waals surface area (Å²) in [5, 5.41) is 11.6. The molecule has 0 amide bonds. The van der Waals surface area contributed by atoms with Crippen molar-refractivity contribution in [3.63, 3.8) is 0 Å². The summed E-state index contributed by atoms with van der Waals surface area (Å²) >= 11 is 0. The highest BCUT2D eigenvalue weighted by molar-refractivity contribution is 4.50. The lowest BCUT2D eigenvalue weighted by Gasteiger charge is -2.15. The third-order valence-corrected chi connectivity index (χ3v) is 1.58. The predicted molar refractivity (Wildman–Crippen MR) is 33.9 cm³/mol. The van der Waals surface area contributed by atoms with Gasteiger partial charge in [-0.25, -0.2) is 5.43 Å². The van der Waals surface area contributed by atoms with Gasteiger partial charge in [0, 0.05) is 13.1 Å². The number of nitrogens with zero attached hydrogens (tertiary/aromatic N) is 1. The number of nitrogens with one attached hydrogen (secondary N) is 1. The van der Waals surface area contributed by atoms with Gasteiger partial charge in [0.2, 0.25) is 0 Å². The Bertz CT molecular complexity index is 69.5. The largest absolute Gasteiger partial charge is 0.229 e. The lowest BCUT2D eigenvalue weighted by atomic mass is 10.2. The molecular formula is C6H13N2O. The van der Waals surface area contributed by atoms with Crippen LogP contribution in [0, 0.1) is 0 Å². The fourth-order valence-electron chi connectivity index (χ4n) is 1.02. The minimum absolute atomic E-state index is 0.653. The molecule has 9 heavy (non-hydrogen) atoms. The molecule has 1 N–H and O–H groups in total. The molecule has 0 saturated carbocycles. The summed E-state index contributed by atoms with van der Waals surface area (Å²) in [6, 6.07) is 0. The van der Waals surface area contributed by atoms with Gasteiger partial charge in [-0.1, -0.05) is 18.0 Å². The maximum Gasteiger partial charge on any atom is 0.0433 e. The molecule has 3 heteroatoms. The Balaban J connectivity index is 2.12. The Morgan fingerprint density at radius 3 is 2.78 bits per heavy atom. The average Bonchev–Trinajstić information content (AvgIpc) is 1.79. The van der Waals surface area contributed by atoms with Gasteiger partial charge < -0.3 is 0 Å². The normalized spacial score (nSPS) is 25.0. The van der Waals surface area contributed by atoms with Crippen LogP contribution in [0.5, 0.6) is 0 Å². The van der Waals surface area contributed by atoms with Crippen LogP contribution < -0.4 is 5.43 Å². The minimum Gasteiger partial charge on any atom is -0.229 e. The summed E-state index contributed by atoms with van der Waals surface area (Å²) in [5.74, 6) is 0. The van der Waals surface area contributed by atoms with E-state index in [0.29, 0.717) is 6.54 Å². The van der Waals surface area contributed by atoms with Crippen molar-refractivity contribution in [3.05, 3.63) is 0 Å². The first-order valence-corrected chi connectivity index (χ1v) is 3.58. The molecule has 1 fully saturated rings. The van der Waals surface area contributed by atoms with Crippen LogP contribution in [0.4, 0.5) is 0 Å². The van der Waals surface area contributed by atoms with Crippen molar-refractivity contribution in [1.29, 1.82) is 0 Å². The molecule has 1 heterocycles. The summed E-state index contributed by atoms with van der Waals surface area (Å²) in [6.45, 7) is 1.50. The predicted octanol–water partition coefficient (Wildman–Crippen LogP) is 0.712. The molecule has 0 aromatic carbocycles. The van der Waals surface area contributed by atoms with Crippen molar-refractivity contribution in [3.8, 4) is 0 Å². The van der Waals surface area contributed by atoms with Gasteiger partial charge in [0.15, 0.2) is 0 Å². The third kappa shape index (κ3) is 2.79. The lowest BCUT2D eigenvalue weighted by molar-refractivity contribution is -0.199. The van der Waals surface area contributed by atoms with Crippen molar-refractivity contribution < 1.29 is 5.21 Å². The standard InChI is InChI=1S/C6H13N2O/c9-8-6-4-2-1-3-5-7-8/h7H,1-6H2. The smallest absolute Gasteiger partial charge is 0.0433 e. The monoisotopic (exact) mass is 129 g/mol. The topological polar surface area (TPSA) is 35.2 Å². The molecule has 0 atom stereocenters. The Morgan fingerprint density at radius 2 is 1.89 bits per heavy atom. The van der Waals surface area contributed by atoms with E-state index in [0.717, 1.165) is 24.6 Å². The Morgan fingerprint density at radius 1 is 1.11 bits per heavy atom. The van der Waals surface area contributed by atoms with Crippen LogP contribution in [0.25, 0.3) is 0 Å². The van der Waals surface area contributed by atoms with Crippen LogP contribution in [0.15, 0.2) is 0 Å². The quantitative estimate of drug-likeness (QED) is 0.523. The zero-order valence-electron chi connectivity index (χ0n) is 5.60. The summed E-state index contributed by atoms with van der Waals surface area (Å²) in [7, 11) is 0. The van der Waals surface area contributed by atoms with E-state index < -0.39 is 0 Å². The van der Waals surface area contributed by atoms with E-state index in [4.69, 9.17) is 0 Å². The van der Waals surface area contributed by atoms with Crippen molar-refractivity contribution in [2.75, 3.05) is 13.1 Å². The van der Waals surface area contributed by atoms with E-state index in [2.05, 4.69) is 5.43 Å². The van der Waals surface area contributed by atoms with E-state index in [1.54, 1.807) is 0 Å². The fraction of sp³-hybridized carbons (Fsp3) is 1.00. The fourth-order valence-corrected chi connectivity index (χ4v) is 1.02. The van der Waals surface area contributed by atoms with Gasteiger partial charge in [0.1, 0.15) is 0 Å².